The van der Waals surface area contributed by atoms with Crippen LogP contribution in [-0.2, 0) is 11.3 Å². The minimum absolute atomic E-state index is 0.0940. The van der Waals surface area contributed by atoms with Gasteiger partial charge in [-0.3, -0.25) is 4.99 Å². The number of hydrogen-bond acceptors (Lipinski definition) is 5. The summed E-state index contributed by atoms with van der Waals surface area (Å²) < 4.78 is 40.7. The Labute approximate surface area is 176 Å². The van der Waals surface area contributed by atoms with Crippen molar-refractivity contribution in [1.82, 2.24) is 15.5 Å². The summed E-state index contributed by atoms with van der Waals surface area (Å²) in [5.74, 6) is 1.87. The van der Waals surface area contributed by atoms with Gasteiger partial charge in [0.05, 0.1) is 13.7 Å². The van der Waals surface area contributed by atoms with Crippen molar-refractivity contribution >= 4 is 5.96 Å². The maximum atomic E-state index is 12.7. The summed E-state index contributed by atoms with van der Waals surface area (Å²) in [6.45, 7) is 2.41. The number of likely N-dealkylation sites (tertiary alicyclic amines) is 1. The van der Waals surface area contributed by atoms with Crippen LogP contribution in [0.15, 0.2) is 23.2 Å². The van der Waals surface area contributed by atoms with Crippen LogP contribution in [0, 0.1) is 5.92 Å². The van der Waals surface area contributed by atoms with E-state index in [-0.39, 0.29) is 5.75 Å². The Hall–Kier alpha value is -2.13. The van der Waals surface area contributed by atoms with Crippen LogP contribution < -0.4 is 20.1 Å². The number of rotatable bonds is 8. The lowest BCUT2D eigenvalue weighted by Crippen LogP contribution is -2.49. The maximum Gasteiger partial charge on any atom is 0.387 e. The number of methoxy groups -OCH3 is 1. The fourth-order valence-corrected chi connectivity index (χ4v) is 3.93. The number of piperidine rings is 1. The van der Waals surface area contributed by atoms with Crippen molar-refractivity contribution in [3.8, 4) is 11.5 Å². The summed E-state index contributed by atoms with van der Waals surface area (Å²) in [6, 6.07) is 5.23. The zero-order chi connectivity index (χ0) is 21.3. The van der Waals surface area contributed by atoms with Crippen LogP contribution in [0.25, 0.3) is 0 Å². The minimum Gasteiger partial charge on any atom is -0.497 e. The van der Waals surface area contributed by atoms with E-state index >= 15 is 0 Å². The molecule has 2 aliphatic rings. The molecule has 9 heteroatoms. The molecular formula is C21H32F2N4O3. The molecule has 2 aliphatic heterocycles. The predicted molar refractivity (Wildman–Crippen MR) is 111 cm³/mol. The van der Waals surface area contributed by atoms with Crippen molar-refractivity contribution in [2.75, 3.05) is 47.0 Å². The average molecular weight is 427 g/mol. The molecule has 30 heavy (non-hydrogen) atoms. The van der Waals surface area contributed by atoms with E-state index in [0.29, 0.717) is 35.8 Å². The van der Waals surface area contributed by atoms with Gasteiger partial charge in [0.15, 0.2) is 5.96 Å². The van der Waals surface area contributed by atoms with E-state index in [1.54, 1.807) is 19.2 Å². The molecule has 0 aromatic heterocycles. The Bertz CT molecular complexity index is 691. The molecular weight excluding hydrogens is 394 g/mol. The number of nitrogens with zero attached hydrogens (tertiary/aromatic N) is 2. The number of nitrogens with one attached hydrogen (secondary N) is 2. The molecule has 1 aromatic carbocycles. The molecule has 0 radical (unpaired) electrons. The van der Waals surface area contributed by atoms with Crippen molar-refractivity contribution in [2.45, 2.75) is 38.5 Å². The van der Waals surface area contributed by atoms with Crippen molar-refractivity contribution in [3.63, 3.8) is 0 Å². The van der Waals surface area contributed by atoms with Gasteiger partial charge >= 0.3 is 6.61 Å². The van der Waals surface area contributed by atoms with Crippen LogP contribution in [0.1, 0.15) is 24.8 Å². The summed E-state index contributed by atoms with van der Waals surface area (Å²) in [5, 5.41) is 6.64. The Morgan fingerprint density at radius 1 is 1.30 bits per heavy atom. The molecule has 1 unspecified atom stereocenters. The normalized spacial score (nSPS) is 21.1. The van der Waals surface area contributed by atoms with Gasteiger partial charge in [0, 0.05) is 57.5 Å². The number of ether oxygens (including phenoxy) is 3. The van der Waals surface area contributed by atoms with Crippen molar-refractivity contribution in [2.24, 2.45) is 10.9 Å². The number of hydrogen-bond donors (Lipinski definition) is 2. The van der Waals surface area contributed by atoms with Gasteiger partial charge in [-0.1, -0.05) is 0 Å². The Balaban J connectivity index is 1.47. The molecule has 7 nitrogen and oxygen atoms in total. The fourth-order valence-electron chi connectivity index (χ4n) is 3.93. The molecule has 0 spiro atoms. The average Bonchev–Trinajstić information content (AvgIpc) is 3.25. The second kappa shape index (κ2) is 11.3. The molecule has 0 saturated carbocycles. The van der Waals surface area contributed by atoms with E-state index in [4.69, 9.17) is 9.47 Å². The van der Waals surface area contributed by atoms with Crippen LogP contribution in [0.4, 0.5) is 8.78 Å². The minimum atomic E-state index is -2.89. The first-order chi connectivity index (χ1) is 14.6. The molecule has 1 atom stereocenters. The van der Waals surface area contributed by atoms with Gasteiger partial charge in [-0.25, -0.2) is 0 Å². The number of alkyl halides is 2. The lowest BCUT2D eigenvalue weighted by Gasteiger charge is -2.34. The highest BCUT2D eigenvalue weighted by atomic mass is 19.3. The molecule has 2 saturated heterocycles. The summed E-state index contributed by atoms with van der Waals surface area (Å²) in [6.07, 6.45) is 3.24. The molecule has 2 N–H and O–H groups in total. The number of benzene rings is 1. The van der Waals surface area contributed by atoms with Gasteiger partial charge < -0.3 is 29.7 Å². The third-order valence-corrected chi connectivity index (χ3v) is 5.63. The molecule has 2 heterocycles. The van der Waals surface area contributed by atoms with Crippen LogP contribution in [0.3, 0.4) is 0 Å². The quantitative estimate of drug-likeness (QED) is 0.492. The van der Waals surface area contributed by atoms with Crippen molar-refractivity contribution < 1.29 is 23.0 Å². The second-order valence-electron chi connectivity index (χ2n) is 7.73. The highest BCUT2D eigenvalue weighted by Crippen LogP contribution is 2.26. The zero-order valence-electron chi connectivity index (χ0n) is 17.7. The van der Waals surface area contributed by atoms with E-state index in [1.807, 2.05) is 0 Å². The van der Waals surface area contributed by atoms with Gasteiger partial charge in [-0.2, -0.15) is 8.78 Å². The standard InChI is InChI=1S/C21H32F2N4O3/c1-24-21(25-12-16-3-4-18(28-2)11-19(16)30-20(22)23)26-17-5-8-27(9-6-17)13-15-7-10-29-14-15/h3-4,11,15,17,20H,5-10,12-14H2,1-2H3,(H2,24,25,26). The largest absolute Gasteiger partial charge is 0.497 e. The van der Waals surface area contributed by atoms with Crippen LogP contribution in [-0.4, -0.2) is 70.5 Å². The van der Waals surface area contributed by atoms with Crippen LogP contribution in [0.5, 0.6) is 11.5 Å². The fraction of sp³-hybridized carbons (Fsp3) is 0.667. The van der Waals surface area contributed by atoms with Gasteiger partial charge in [-0.05, 0) is 37.3 Å². The molecule has 168 valence electrons. The first-order valence-corrected chi connectivity index (χ1v) is 10.5. The summed E-state index contributed by atoms with van der Waals surface area (Å²) in [4.78, 5) is 6.79. The number of aliphatic imine (C=N–C) groups is 1. The highest BCUT2D eigenvalue weighted by Gasteiger charge is 2.24. The van der Waals surface area contributed by atoms with E-state index in [1.165, 1.54) is 13.2 Å². The number of halogens is 2. The number of guanidine groups is 1. The Morgan fingerprint density at radius 2 is 2.10 bits per heavy atom. The molecule has 0 amide bonds. The van der Waals surface area contributed by atoms with E-state index < -0.39 is 6.61 Å². The Kier molecular flexibility index (Phi) is 8.50. The lowest BCUT2D eigenvalue weighted by atomic mass is 10.0. The summed E-state index contributed by atoms with van der Waals surface area (Å²) >= 11 is 0. The van der Waals surface area contributed by atoms with Gasteiger partial charge in [0.25, 0.3) is 0 Å². The summed E-state index contributed by atoms with van der Waals surface area (Å²) in [5.41, 5.74) is 0.604. The monoisotopic (exact) mass is 426 g/mol. The van der Waals surface area contributed by atoms with E-state index in [0.717, 1.165) is 52.1 Å². The van der Waals surface area contributed by atoms with Crippen LogP contribution >= 0.6 is 0 Å². The zero-order valence-corrected chi connectivity index (χ0v) is 17.7. The third-order valence-electron chi connectivity index (χ3n) is 5.63. The van der Waals surface area contributed by atoms with E-state index in [2.05, 4.69) is 25.3 Å². The molecule has 0 bridgehead atoms. The van der Waals surface area contributed by atoms with Gasteiger partial charge in [-0.15, -0.1) is 0 Å². The van der Waals surface area contributed by atoms with E-state index in [9.17, 15) is 8.78 Å². The van der Waals surface area contributed by atoms with Crippen molar-refractivity contribution in [3.05, 3.63) is 23.8 Å². The molecule has 1 aromatic rings. The van der Waals surface area contributed by atoms with Gasteiger partial charge in [0.1, 0.15) is 11.5 Å². The Morgan fingerprint density at radius 3 is 2.73 bits per heavy atom. The molecule has 0 aliphatic carbocycles. The summed E-state index contributed by atoms with van der Waals surface area (Å²) in [7, 11) is 3.19. The smallest absolute Gasteiger partial charge is 0.387 e. The molecule has 3 rings (SSSR count). The topological polar surface area (TPSA) is 67.4 Å². The third kappa shape index (κ3) is 6.70. The maximum absolute atomic E-state index is 12.7. The van der Waals surface area contributed by atoms with Crippen LogP contribution in [0.2, 0.25) is 0 Å². The predicted octanol–water partition coefficient (Wildman–Crippen LogP) is 2.46. The second-order valence-corrected chi connectivity index (χ2v) is 7.73. The van der Waals surface area contributed by atoms with Gasteiger partial charge in [0.2, 0.25) is 0 Å². The highest BCUT2D eigenvalue weighted by molar-refractivity contribution is 5.80. The molecule has 2 fully saturated rings. The first-order valence-electron chi connectivity index (χ1n) is 10.5. The first kappa shape index (κ1) is 22.6. The van der Waals surface area contributed by atoms with Crippen molar-refractivity contribution in [1.29, 1.82) is 0 Å². The SMILES string of the molecule is CN=C(NCc1ccc(OC)cc1OC(F)F)NC1CCN(CC2CCOC2)CC1. The lowest BCUT2D eigenvalue weighted by molar-refractivity contribution is -0.0505.